The number of ether oxygens (including phenoxy) is 1. The molecule has 0 aliphatic carbocycles. The molecular formula is C15H23Cl2N3O2. The standard InChI is InChI=1S/C15H22ClN3O2.ClH/c1-21-14-5-4-12(7-13(14)16)18-15(20)10-19-6-2-3-11(8-17)9-19;/h4-5,7,11H,2-3,6,8-10,17H2,1H3,(H,18,20);1H. The van der Waals surface area contributed by atoms with Crippen molar-refractivity contribution in [2.75, 3.05) is 38.6 Å². The van der Waals surface area contributed by atoms with Gasteiger partial charge in [0.2, 0.25) is 5.91 Å². The minimum Gasteiger partial charge on any atom is -0.495 e. The molecule has 2 rings (SSSR count). The Morgan fingerprint density at radius 3 is 2.95 bits per heavy atom. The van der Waals surface area contributed by atoms with E-state index in [0.29, 0.717) is 35.5 Å². The topological polar surface area (TPSA) is 67.6 Å². The normalized spacial score (nSPS) is 18.4. The van der Waals surface area contributed by atoms with Crippen LogP contribution in [-0.4, -0.2) is 44.1 Å². The molecule has 1 heterocycles. The summed E-state index contributed by atoms with van der Waals surface area (Å²) in [6, 6.07) is 5.21. The van der Waals surface area contributed by atoms with Gasteiger partial charge in [0.25, 0.3) is 0 Å². The van der Waals surface area contributed by atoms with Gasteiger partial charge in [-0.1, -0.05) is 11.6 Å². The Labute approximate surface area is 142 Å². The number of amides is 1. The summed E-state index contributed by atoms with van der Waals surface area (Å²) in [5.41, 5.74) is 6.39. The Kier molecular flexibility index (Phi) is 7.96. The maximum atomic E-state index is 12.1. The molecule has 1 atom stereocenters. The lowest BCUT2D eigenvalue weighted by Gasteiger charge is -2.31. The van der Waals surface area contributed by atoms with Crippen LogP contribution in [-0.2, 0) is 4.79 Å². The van der Waals surface area contributed by atoms with E-state index in [2.05, 4.69) is 10.2 Å². The number of hydrogen-bond donors (Lipinski definition) is 2. The van der Waals surface area contributed by atoms with E-state index < -0.39 is 0 Å². The molecule has 0 aromatic heterocycles. The van der Waals surface area contributed by atoms with E-state index in [-0.39, 0.29) is 18.3 Å². The molecular weight excluding hydrogens is 325 g/mol. The minimum atomic E-state index is -0.0334. The van der Waals surface area contributed by atoms with Gasteiger partial charge in [0.05, 0.1) is 18.7 Å². The highest BCUT2D eigenvalue weighted by Gasteiger charge is 2.20. The van der Waals surface area contributed by atoms with Gasteiger partial charge in [-0.25, -0.2) is 0 Å². The maximum Gasteiger partial charge on any atom is 0.238 e. The van der Waals surface area contributed by atoms with Gasteiger partial charge < -0.3 is 15.8 Å². The van der Waals surface area contributed by atoms with Crippen LogP contribution in [0.4, 0.5) is 5.69 Å². The molecule has 1 aromatic carbocycles. The smallest absolute Gasteiger partial charge is 0.238 e. The van der Waals surface area contributed by atoms with Gasteiger partial charge in [0.15, 0.2) is 0 Å². The second-order valence-corrected chi connectivity index (χ2v) is 5.78. The number of carbonyl (C=O) groups excluding carboxylic acids is 1. The summed E-state index contributed by atoms with van der Waals surface area (Å²) >= 11 is 6.04. The average Bonchev–Trinajstić information content (AvgIpc) is 2.47. The molecule has 22 heavy (non-hydrogen) atoms. The highest BCUT2D eigenvalue weighted by Crippen LogP contribution is 2.27. The SMILES string of the molecule is COc1ccc(NC(=O)CN2CCCC(CN)C2)cc1Cl.Cl. The van der Waals surface area contributed by atoms with Gasteiger partial charge in [-0.05, 0) is 50.0 Å². The summed E-state index contributed by atoms with van der Waals surface area (Å²) in [5, 5.41) is 3.35. The van der Waals surface area contributed by atoms with Crippen LogP contribution in [0.15, 0.2) is 18.2 Å². The summed E-state index contributed by atoms with van der Waals surface area (Å²) < 4.78 is 5.09. The maximum absolute atomic E-state index is 12.1. The number of nitrogens with zero attached hydrogens (tertiary/aromatic N) is 1. The molecule has 0 radical (unpaired) electrons. The number of anilines is 1. The number of nitrogens with one attached hydrogen (secondary N) is 1. The zero-order chi connectivity index (χ0) is 15.2. The molecule has 1 aliphatic rings. The predicted molar refractivity (Wildman–Crippen MR) is 92.1 cm³/mol. The van der Waals surface area contributed by atoms with Gasteiger partial charge >= 0.3 is 0 Å². The average molecular weight is 348 g/mol. The van der Waals surface area contributed by atoms with Crippen LogP contribution in [0.5, 0.6) is 5.75 Å². The second-order valence-electron chi connectivity index (χ2n) is 5.38. The van der Waals surface area contributed by atoms with Crippen molar-refractivity contribution in [3.63, 3.8) is 0 Å². The Balaban J connectivity index is 0.00000242. The largest absolute Gasteiger partial charge is 0.495 e. The third kappa shape index (κ3) is 5.32. The van der Waals surface area contributed by atoms with E-state index in [1.807, 2.05) is 0 Å². The van der Waals surface area contributed by atoms with Gasteiger partial charge in [-0.15, -0.1) is 12.4 Å². The fourth-order valence-electron chi connectivity index (χ4n) is 2.64. The molecule has 5 nitrogen and oxygen atoms in total. The molecule has 1 amide bonds. The molecule has 1 aromatic rings. The number of rotatable bonds is 5. The van der Waals surface area contributed by atoms with E-state index >= 15 is 0 Å². The first kappa shape index (κ1) is 19.0. The number of methoxy groups -OCH3 is 1. The van der Waals surface area contributed by atoms with Crippen molar-refractivity contribution >= 4 is 35.6 Å². The van der Waals surface area contributed by atoms with Crippen molar-refractivity contribution in [3.8, 4) is 5.75 Å². The van der Waals surface area contributed by atoms with Gasteiger partial charge in [-0.3, -0.25) is 9.69 Å². The lowest BCUT2D eigenvalue weighted by atomic mass is 9.98. The van der Waals surface area contributed by atoms with Crippen molar-refractivity contribution in [2.45, 2.75) is 12.8 Å². The zero-order valence-corrected chi connectivity index (χ0v) is 14.3. The highest BCUT2D eigenvalue weighted by atomic mass is 35.5. The molecule has 1 unspecified atom stereocenters. The van der Waals surface area contributed by atoms with Crippen molar-refractivity contribution in [1.82, 2.24) is 4.90 Å². The van der Waals surface area contributed by atoms with Crippen LogP contribution in [0, 0.1) is 5.92 Å². The minimum absolute atomic E-state index is 0. The molecule has 124 valence electrons. The first-order chi connectivity index (χ1) is 10.1. The molecule has 1 saturated heterocycles. The number of likely N-dealkylation sites (tertiary alicyclic amines) is 1. The summed E-state index contributed by atoms with van der Waals surface area (Å²) in [6.07, 6.45) is 2.26. The Morgan fingerprint density at radius 1 is 1.55 bits per heavy atom. The quantitative estimate of drug-likeness (QED) is 0.857. The highest BCUT2D eigenvalue weighted by molar-refractivity contribution is 6.32. The van der Waals surface area contributed by atoms with Crippen LogP contribution in [0.2, 0.25) is 5.02 Å². The Hall–Kier alpha value is -1.01. The predicted octanol–water partition coefficient (Wildman–Crippen LogP) is 2.38. The van der Waals surface area contributed by atoms with E-state index in [1.165, 1.54) is 0 Å². The number of carbonyl (C=O) groups is 1. The lowest BCUT2D eigenvalue weighted by molar-refractivity contribution is -0.117. The Morgan fingerprint density at radius 2 is 2.32 bits per heavy atom. The van der Waals surface area contributed by atoms with Gasteiger partial charge in [-0.2, -0.15) is 0 Å². The number of benzene rings is 1. The number of hydrogen-bond acceptors (Lipinski definition) is 4. The third-order valence-corrected chi connectivity index (χ3v) is 4.03. The fourth-order valence-corrected chi connectivity index (χ4v) is 2.89. The summed E-state index contributed by atoms with van der Waals surface area (Å²) in [7, 11) is 1.56. The molecule has 1 fully saturated rings. The van der Waals surface area contributed by atoms with Crippen LogP contribution in [0.1, 0.15) is 12.8 Å². The first-order valence-electron chi connectivity index (χ1n) is 7.18. The van der Waals surface area contributed by atoms with E-state index in [0.717, 1.165) is 25.9 Å². The lowest BCUT2D eigenvalue weighted by Crippen LogP contribution is -2.42. The van der Waals surface area contributed by atoms with E-state index in [1.54, 1.807) is 25.3 Å². The molecule has 0 bridgehead atoms. The number of halogens is 2. The van der Waals surface area contributed by atoms with Crippen molar-refractivity contribution in [1.29, 1.82) is 0 Å². The van der Waals surface area contributed by atoms with Gasteiger partial charge in [0.1, 0.15) is 5.75 Å². The fraction of sp³-hybridized carbons (Fsp3) is 0.533. The van der Waals surface area contributed by atoms with Crippen molar-refractivity contribution in [3.05, 3.63) is 23.2 Å². The first-order valence-corrected chi connectivity index (χ1v) is 7.56. The molecule has 7 heteroatoms. The van der Waals surface area contributed by atoms with Crippen molar-refractivity contribution in [2.24, 2.45) is 11.7 Å². The van der Waals surface area contributed by atoms with Crippen molar-refractivity contribution < 1.29 is 9.53 Å². The van der Waals surface area contributed by atoms with E-state index in [9.17, 15) is 4.79 Å². The Bertz CT molecular complexity index is 500. The molecule has 3 N–H and O–H groups in total. The van der Waals surface area contributed by atoms with Crippen LogP contribution >= 0.6 is 24.0 Å². The molecule has 0 saturated carbocycles. The zero-order valence-electron chi connectivity index (χ0n) is 12.7. The second kappa shape index (κ2) is 9.20. The number of piperidine rings is 1. The molecule has 1 aliphatic heterocycles. The third-order valence-electron chi connectivity index (χ3n) is 3.74. The number of nitrogens with two attached hydrogens (primary N) is 1. The summed E-state index contributed by atoms with van der Waals surface area (Å²) in [4.78, 5) is 14.2. The van der Waals surface area contributed by atoms with Crippen LogP contribution < -0.4 is 15.8 Å². The summed E-state index contributed by atoms with van der Waals surface area (Å²) in [6.45, 7) is 2.92. The van der Waals surface area contributed by atoms with Crippen LogP contribution in [0.3, 0.4) is 0 Å². The monoisotopic (exact) mass is 347 g/mol. The van der Waals surface area contributed by atoms with Crippen LogP contribution in [0.25, 0.3) is 0 Å². The summed E-state index contributed by atoms with van der Waals surface area (Å²) in [5.74, 6) is 1.06. The van der Waals surface area contributed by atoms with E-state index in [4.69, 9.17) is 22.1 Å². The van der Waals surface area contributed by atoms with Gasteiger partial charge in [0, 0.05) is 12.2 Å². The molecule has 0 spiro atoms.